The number of hydrogen-bond acceptors (Lipinski definition) is 7. The first kappa shape index (κ1) is 21.2. The summed E-state index contributed by atoms with van der Waals surface area (Å²) in [6.45, 7) is 1.20. The first-order valence-corrected chi connectivity index (χ1v) is 12.6. The Kier molecular flexibility index (Phi) is 5.56. The zero-order valence-corrected chi connectivity index (χ0v) is 18.6. The van der Waals surface area contributed by atoms with E-state index in [9.17, 15) is 9.00 Å². The number of fused-ring (bicyclic) bond motifs is 3. The van der Waals surface area contributed by atoms with Crippen molar-refractivity contribution < 1.29 is 18.8 Å². The van der Waals surface area contributed by atoms with Crippen molar-refractivity contribution >= 4 is 21.6 Å². The van der Waals surface area contributed by atoms with E-state index in [1.165, 1.54) is 33.1 Å². The van der Waals surface area contributed by atoms with Crippen LogP contribution >= 0.6 is 0 Å². The Morgan fingerprint density at radius 1 is 1.25 bits per heavy atom. The van der Waals surface area contributed by atoms with Crippen LogP contribution in [0.15, 0.2) is 17.2 Å². The molecule has 0 spiro atoms. The second kappa shape index (κ2) is 8.38. The Balaban J connectivity index is 1.33. The van der Waals surface area contributed by atoms with Crippen molar-refractivity contribution in [2.24, 2.45) is 0 Å². The predicted octanol–water partition coefficient (Wildman–Crippen LogP) is 1.35. The van der Waals surface area contributed by atoms with Gasteiger partial charge in [0, 0.05) is 12.2 Å². The molecule has 1 aromatic carbocycles. The van der Waals surface area contributed by atoms with Gasteiger partial charge in [-0.05, 0) is 60.8 Å². The van der Waals surface area contributed by atoms with Crippen LogP contribution in [0.25, 0.3) is 0 Å². The van der Waals surface area contributed by atoms with Crippen LogP contribution in [-0.4, -0.2) is 50.9 Å². The number of amides is 2. The van der Waals surface area contributed by atoms with Gasteiger partial charge in [0.2, 0.25) is 5.88 Å². The van der Waals surface area contributed by atoms with Crippen LogP contribution in [0.4, 0.5) is 10.5 Å². The number of benzene rings is 1. The molecule has 2 aliphatic carbocycles. The van der Waals surface area contributed by atoms with Gasteiger partial charge in [-0.3, -0.25) is 0 Å². The lowest BCUT2D eigenvalue weighted by molar-refractivity contribution is 0.171. The van der Waals surface area contributed by atoms with Crippen LogP contribution in [-0.2, 0) is 42.1 Å². The maximum absolute atomic E-state index is 13.2. The quantitative estimate of drug-likeness (QED) is 0.441. The van der Waals surface area contributed by atoms with E-state index in [1.54, 1.807) is 0 Å². The molecule has 32 heavy (non-hydrogen) atoms. The number of aryl methyl sites for hydroxylation is 2. The van der Waals surface area contributed by atoms with Gasteiger partial charge < -0.3 is 20.5 Å². The molecular weight excluding hydrogens is 432 g/mol. The lowest BCUT2D eigenvalue weighted by Gasteiger charge is -2.25. The lowest BCUT2D eigenvalue weighted by atomic mass is 9.99. The summed E-state index contributed by atoms with van der Waals surface area (Å²) in [5.74, 6) is 0.230. The molecule has 1 aliphatic heterocycles. The number of nitrogens with one attached hydrogen (secondary N) is 4. The first-order chi connectivity index (χ1) is 15.5. The highest BCUT2D eigenvalue weighted by atomic mass is 32.2. The van der Waals surface area contributed by atoms with Gasteiger partial charge in [-0.15, -0.1) is 0 Å². The number of carbonyl (C=O) groups excluding carboxylic acids is 1. The molecular formula is C21H28N6O4S. The zero-order chi connectivity index (χ0) is 22.3. The molecule has 2 atom stereocenters. The summed E-state index contributed by atoms with van der Waals surface area (Å²) in [6.07, 6.45) is 7.33. The number of nitrogens with zero attached hydrogens (tertiary/aromatic N) is 2. The average molecular weight is 461 g/mol. The van der Waals surface area contributed by atoms with Gasteiger partial charge in [0.15, 0.2) is 9.92 Å². The standard InChI is InChI=1S/C21H28N6O4S/c22-32(30,18-10-24-27-11-15(23-7-8-28)12-31-20(18)27)26-21(29)25-19-16-5-1-3-13(16)9-14-4-2-6-17(14)19/h9-10,15,23,28H,1-8,11-12H2,(H3,22,25,26,29,30). The molecule has 11 heteroatoms. The van der Waals surface area contributed by atoms with Crippen molar-refractivity contribution in [1.29, 1.82) is 4.78 Å². The van der Waals surface area contributed by atoms with E-state index in [-0.39, 0.29) is 23.4 Å². The molecule has 0 saturated heterocycles. The van der Waals surface area contributed by atoms with Gasteiger partial charge >= 0.3 is 6.03 Å². The van der Waals surface area contributed by atoms with Crippen molar-refractivity contribution in [3.05, 3.63) is 34.5 Å². The maximum atomic E-state index is 13.2. The van der Waals surface area contributed by atoms with Crippen LogP contribution in [0.3, 0.4) is 0 Å². The second-order valence-electron chi connectivity index (χ2n) is 8.53. The molecule has 5 N–H and O–H groups in total. The summed E-state index contributed by atoms with van der Waals surface area (Å²) in [5.41, 5.74) is 5.76. The van der Waals surface area contributed by atoms with Crippen molar-refractivity contribution in [3.63, 3.8) is 0 Å². The molecule has 3 aliphatic rings. The molecule has 2 heterocycles. The third-order valence-electron chi connectivity index (χ3n) is 6.38. The van der Waals surface area contributed by atoms with Gasteiger partial charge in [0.05, 0.1) is 25.4 Å². The number of carbonyl (C=O) groups is 1. The van der Waals surface area contributed by atoms with E-state index in [4.69, 9.17) is 14.6 Å². The summed E-state index contributed by atoms with van der Waals surface area (Å²) in [7, 11) is -3.67. The second-order valence-corrected chi connectivity index (χ2v) is 10.3. The zero-order valence-electron chi connectivity index (χ0n) is 17.8. The van der Waals surface area contributed by atoms with Crippen LogP contribution in [0, 0.1) is 4.78 Å². The number of aromatic nitrogens is 2. The number of anilines is 1. The van der Waals surface area contributed by atoms with Gasteiger partial charge in [-0.2, -0.15) is 5.10 Å². The summed E-state index contributed by atoms with van der Waals surface area (Å²) >= 11 is 0. The first-order valence-electron chi connectivity index (χ1n) is 11.0. The molecule has 10 nitrogen and oxygen atoms in total. The monoisotopic (exact) mass is 460 g/mol. The number of aliphatic hydroxyl groups excluding tert-OH is 1. The van der Waals surface area contributed by atoms with Crippen LogP contribution in [0.1, 0.15) is 35.1 Å². The Hall–Kier alpha value is -2.63. The smallest absolute Gasteiger partial charge is 0.331 e. The van der Waals surface area contributed by atoms with Crippen LogP contribution < -0.4 is 20.1 Å². The molecule has 0 fully saturated rings. The molecule has 0 radical (unpaired) electrons. The number of aliphatic hydroxyl groups is 1. The average Bonchev–Trinajstić information content (AvgIpc) is 3.50. The summed E-state index contributed by atoms with van der Waals surface area (Å²) in [6, 6.07) is 1.57. The molecule has 1 aromatic heterocycles. The normalized spacial score (nSPS) is 20.6. The Labute approximate surface area is 186 Å². The molecule has 0 saturated carbocycles. The summed E-state index contributed by atoms with van der Waals surface area (Å²) in [5, 5.41) is 19.2. The summed E-state index contributed by atoms with van der Waals surface area (Å²) < 4.78 is 31.1. The van der Waals surface area contributed by atoms with Crippen LogP contribution in [0.5, 0.6) is 5.88 Å². The van der Waals surface area contributed by atoms with Gasteiger partial charge in [-0.25, -0.2) is 23.2 Å². The number of hydrogen-bond donors (Lipinski definition) is 5. The lowest BCUT2D eigenvalue weighted by Crippen LogP contribution is -2.43. The maximum Gasteiger partial charge on any atom is 0.331 e. The molecule has 2 amide bonds. The number of rotatable bonds is 6. The molecule has 0 bridgehead atoms. The minimum Gasteiger partial charge on any atom is -0.475 e. The highest BCUT2D eigenvalue weighted by Gasteiger charge is 2.30. The summed E-state index contributed by atoms with van der Waals surface area (Å²) in [4.78, 5) is 12.9. The number of ether oxygens (including phenoxy) is 1. The fourth-order valence-electron chi connectivity index (χ4n) is 4.95. The van der Waals surface area contributed by atoms with E-state index in [0.29, 0.717) is 19.7 Å². The minimum absolute atomic E-state index is 0.0150. The largest absolute Gasteiger partial charge is 0.475 e. The van der Waals surface area contributed by atoms with Crippen molar-refractivity contribution in [2.45, 2.75) is 56.0 Å². The minimum atomic E-state index is -3.67. The molecule has 172 valence electrons. The third kappa shape index (κ3) is 3.84. The predicted molar refractivity (Wildman–Crippen MR) is 118 cm³/mol. The topological polar surface area (TPSA) is 141 Å². The van der Waals surface area contributed by atoms with Gasteiger partial charge in [-0.1, -0.05) is 6.07 Å². The van der Waals surface area contributed by atoms with E-state index in [0.717, 1.165) is 44.2 Å². The highest BCUT2D eigenvalue weighted by molar-refractivity contribution is 7.91. The van der Waals surface area contributed by atoms with Gasteiger partial charge in [0.1, 0.15) is 11.5 Å². The fourth-order valence-corrected chi connectivity index (χ4v) is 5.98. The van der Waals surface area contributed by atoms with Crippen molar-refractivity contribution in [2.75, 3.05) is 25.1 Å². The third-order valence-corrected chi connectivity index (χ3v) is 7.75. The van der Waals surface area contributed by atoms with Crippen molar-refractivity contribution in [1.82, 2.24) is 19.8 Å². The molecule has 2 unspecified atom stereocenters. The molecule has 5 rings (SSSR count). The highest BCUT2D eigenvalue weighted by Crippen LogP contribution is 2.38. The SMILES string of the molecule is N=S(=O)(NC(=O)Nc1c2c(cc3c1CCC3)CCC2)c1cnn2c1OCC(NCCO)C2. The van der Waals surface area contributed by atoms with Gasteiger partial charge in [0.25, 0.3) is 0 Å². The Morgan fingerprint density at radius 2 is 1.97 bits per heavy atom. The number of urea groups is 1. The van der Waals surface area contributed by atoms with E-state index < -0.39 is 15.9 Å². The van der Waals surface area contributed by atoms with E-state index >= 15 is 0 Å². The molecule has 2 aromatic rings. The van der Waals surface area contributed by atoms with Crippen molar-refractivity contribution in [3.8, 4) is 5.88 Å². The Bertz CT molecular complexity index is 1130. The Morgan fingerprint density at radius 3 is 2.66 bits per heavy atom. The van der Waals surface area contributed by atoms with E-state index in [2.05, 4.69) is 26.5 Å². The van der Waals surface area contributed by atoms with Crippen LogP contribution in [0.2, 0.25) is 0 Å². The van der Waals surface area contributed by atoms with E-state index in [1.807, 2.05) is 0 Å². The fraction of sp³-hybridized carbons (Fsp3) is 0.524.